The van der Waals surface area contributed by atoms with Gasteiger partial charge in [0.25, 0.3) is 0 Å². The van der Waals surface area contributed by atoms with Crippen LogP contribution in [0.5, 0.6) is 0 Å². The van der Waals surface area contributed by atoms with Crippen LogP contribution >= 0.6 is 0 Å². The zero-order chi connectivity index (χ0) is 19.7. The zero-order valence-corrected chi connectivity index (χ0v) is 16.4. The van der Waals surface area contributed by atoms with E-state index >= 15 is 0 Å². The van der Waals surface area contributed by atoms with Crippen LogP contribution in [-0.4, -0.2) is 60.0 Å². The molecule has 1 N–H and O–H groups in total. The maximum Gasteiger partial charge on any atom is 0.246 e. The van der Waals surface area contributed by atoms with Crippen LogP contribution in [0.2, 0.25) is 0 Å². The van der Waals surface area contributed by atoms with Gasteiger partial charge in [-0.05, 0) is 55.6 Å². The standard InChI is InChI=1S/C21H27FN4O2/c1-25-20(10-19(24-25)14-3-5-16(22)6-4-14)18-12-26-8-7-15(18)9-17(26)11-23-21(27)13-28-2/h3-6,10,15,17-18H,7-9,11-13H2,1-2H3,(H,23,27). The molecule has 3 aliphatic heterocycles. The van der Waals surface area contributed by atoms with Crippen LogP contribution < -0.4 is 5.32 Å². The fourth-order valence-electron chi connectivity index (χ4n) is 4.69. The molecule has 2 bridgehead atoms. The summed E-state index contributed by atoms with van der Waals surface area (Å²) in [6.07, 6.45) is 2.25. The Hall–Kier alpha value is -2.25. The van der Waals surface area contributed by atoms with Crippen molar-refractivity contribution in [2.24, 2.45) is 13.0 Å². The molecule has 3 saturated heterocycles. The van der Waals surface area contributed by atoms with Crippen molar-refractivity contribution in [1.82, 2.24) is 20.0 Å². The smallest absolute Gasteiger partial charge is 0.246 e. The number of hydrogen-bond donors (Lipinski definition) is 1. The summed E-state index contributed by atoms with van der Waals surface area (Å²) in [5, 5.41) is 7.65. The molecule has 0 aliphatic carbocycles. The number of benzene rings is 1. The molecular formula is C21H27FN4O2. The molecule has 0 spiro atoms. The third-order valence-corrected chi connectivity index (χ3v) is 6.12. The van der Waals surface area contributed by atoms with Crippen molar-refractivity contribution in [3.63, 3.8) is 0 Å². The number of rotatable bonds is 6. The Balaban J connectivity index is 1.45. The SMILES string of the molecule is COCC(=O)NCC1CC2CCN1CC2c1cc(-c2ccc(F)cc2)nn1C. The molecule has 1 amide bonds. The molecule has 7 heteroatoms. The van der Waals surface area contributed by atoms with Gasteiger partial charge in [0.15, 0.2) is 0 Å². The summed E-state index contributed by atoms with van der Waals surface area (Å²) in [6.45, 7) is 2.85. The van der Waals surface area contributed by atoms with Crippen molar-refractivity contribution in [1.29, 1.82) is 0 Å². The number of ether oxygens (including phenoxy) is 1. The lowest BCUT2D eigenvalue weighted by Crippen LogP contribution is -2.56. The molecule has 0 radical (unpaired) electrons. The molecule has 6 nitrogen and oxygen atoms in total. The lowest BCUT2D eigenvalue weighted by molar-refractivity contribution is -0.125. The monoisotopic (exact) mass is 386 g/mol. The molecule has 3 aliphatic rings. The number of fused-ring (bicyclic) bond motifs is 3. The average Bonchev–Trinajstić information content (AvgIpc) is 3.09. The van der Waals surface area contributed by atoms with Gasteiger partial charge in [-0.15, -0.1) is 0 Å². The summed E-state index contributed by atoms with van der Waals surface area (Å²) in [7, 11) is 3.52. The predicted octanol–water partition coefficient (Wildman–Crippen LogP) is 2.17. The minimum atomic E-state index is -0.235. The first-order chi connectivity index (χ1) is 13.5. The maximum atomic E-state index is 13.2. The Morgan fingerprint density at radius 1 is 1.36 bits per heavy atom. The highest BCUT2D eigenvalue weighted by molar-refractivity contribution is 5.77. The summed E-state index contributed by atoms with van der Waals surface area (Å²) in [5.41, 5.74) is 3.05. The van der Waals surface area contributed by atoms with E-state index in [9.17, 15) is 9.18 Å². The first-order valence-electron chi connectivity index (χ1n) is 9.84. The zero-order valence-electron chi connectivity index (χ0n) is 16.4. The van der Waals surface area contributed by atoms with Crippen molar-refractivity contribution in [2.75, 3.05) is 33.4 Å². The molecule has 5 rings (SSSR count). The van der Waals surface area contributed by atoms with Crippen LogP contribution in [0.4, 0.5) is 4.39 Å². The third-order valence-electron chi connectivity index (χ3n) is 6.12. The Bertz CT molecular complexity index is 835. The normalized spacial score (nSPS) is 26.4. The van der Waals surface area contributed by atoms with E-state index in [1.165, 1.54) is 31.4 Å². The molecule has 3 fully saturated rings. The summed E-state index contributed by atoms with van der Waals surface area (Å²) in [6, 6.07) is 9.03. The number of amides is 1. The molecule has 4 unspecified atom stereocenters. The highest BCUT2D eigenvalue weighted by atomic mass is 19.1. The number of carbonyl (C=O) groups excluding carboxylic acids is 1. The molecule has 0 saturated carbocycles. The molecule has 4 atom stereocenters. The van der Waals surface area contributed by atoms with Gasteiger partial charge in [0.05, 0.1) is 5.69 Å². The van der Waals surface area contributed by atoms with Crippen LogP contribution in [0.25, 0.3) is 11.3 Å². The third kappa shape index (κ3) is 3.82. The van der Waals surface area contributed by atoms with Crippen LogP contribution in [0.15, 0.2) is 30.3 Å². The summed E-state index contributed by atoms with van der Waals surface area (Å²) in [5.74, 6) is 0.732. The van der Waals surface area contributed by atoms with Gasteiger partial charge >= 0.3 is 0 Å². The molecular weight excluding hydrogens is 359 g/mol. The molecule has 4 heterocycles. The Morgan fingerprint density at radius 2 is 2.14 bits per heavy atom. The lowest BCUT2D eigenvalue weighted by Gasteiger charge is -2.50. The van der Waals surface area contributed by atoms with Crippen LogP contribution in [0, 0.1) is 11.7 Å². The summed E-state index contributed by atoms with van der Waals surface area (Å²) in [4.78, 5) is 14.2. The van der Waals surface area contributed by atoms with Gasteiger partial charge < -0.3 is 10.1 Å². The average molecular weight is 386 g/mol. The maximum absolute atomic E-state index is 13.2. The second-order valence-electron chi connectivity index (χ2n) is 7.86. The van der Waals surface area contributed by atoms with Crippen molar-refractivity contribution in [3.8, 4) is 11.3 Å². The fraction of sp³-hybridized carbons (Fsp3) is 0.524. The van der Waals surface area contributed by atoms with Gasteiger partial charge in [-0.3, -0.25) is 14.4 Å². The van der Waals surface area contributed by atoms with E-state index in [0.29, 0.717) is 24.4 Å². The number of carbonyl (C=O) groups is 1. The van der Waals surface area contributed by atoms with Crippen molar-refractivity contribution >= 4 is 5.91 Å². The first-order valence-corrected chi connectivity index (χ1v) is 9.84. The van der Waals surface area contributed by atoms with Crippen LogP contribution in [0.3, 0.4) is 0 Å². The predicted molar refractivity (Wildman–Crippen MR) is 104 cm³/mol. The number of nitrogens with zero attached hydrogens (tertiary/aromatic N) is 3. The summed E-state index contributed by atoms with van der Waals surface area (Å²) < 4.78 is 20.1. The summed E-state index contributed by atoms with van der Waals surface area (Å²) >= 11 is 0. The Morgan fingerprint density at radius 3 is 2.82 bits per heavy atom. The van der Waals surface area contributed by atoms with Gasteiger partial charge in [0.1, 0.15) is 12.4 Å². The second-order valence-corrected chi connectivity index (χ2v) is 7.86. The van der Waals surface area contributed by atoms with Gasteiger partial charge in [-0.2, -0.15) is 5.10 Å². The van der Waals surface area contributed by atoms with E-state index in [2.05, 4.69) is 21.4 Å². The van der Waals surface area contributed by atoms with Crippen LogP contribution in [-0.2, 0) is 16.6 Å². The number of halogens is 1. The highest BCUT2D eigenvalue weighted by Gasteiger charge is 2.41. The van der Waals surface area contributed by atoms with Gasteiger partial charge in [0.2, 0.25) is 5.91 Å². The number of hydrogen-bond acceptors (Lipinski definition) is 4. The van der Waals surface area contributed by atoms with Gasteiger partial charge in [0, 0.05) is 50.5 Å². The van der Waals surface area contributed by atoms with E-state index in [0.717, 1.165) is 30.8 Å². The van der Waals surface area contributed by atoms with Crippen molar-refractivity contribution in [2.45, 2.75) is 24.8 Å². The van der Waals surface area contributed by atoms with E-state index < -0.39 is 0 Å². The van der Waals surface area contributed by atoms with Gasteiger partial charge in [-0.25, -0.2) is 4.39 Å². The highest BCUT2D eigenvalue weighted by Crippen LogP contribution is 2.42. The number of aryl methyl sites for hydroxylation is 1. The molecule has 2 aromatic rings. The minimum Gasteiger partial charge on any atom is -0.375 e. The van der Waals surface area contributed by atoms with Crippen molar-refractivity contribution in [3.05, 3.63) is 41.8 Å². The van der Waals surface area contributed by atoms with E-state index in [4.69, 9.17) is 4.74 Å². The van der Waals surface area contributed by atoms with Gasteiger partial charge in [-0.1, -0.05) is 0 Å². The lowest BCUT2D eigenvalue weighted by atomic mass is 9.74. The second kappa shape index (κ2) is 8.01. The number of nitrogens with one attached hydrogen (secondary N) is 1. The number of methoxy groups -OCH3 is 1. The van der Waals surface area contributed by atoms with Crippen molar-refractivity contribution < 1.29 is 13.9 Å². The van der Waals surface area contributed by atoms with E-state index in [1.54, 1.807) is 12.1 Å². The molecule has 1 aromatic carbocycles. The van der Waals surface area contributed by atoms with E-state index in [1.807, 2.05) is 11.7 Å². The van der Waals surface area contributed by atoms with Crippen LogP contribution in [0.1, 0.15) is 24.5 Å². The largest absolute Gasteiger partial charge is 0.375 e. The molecule has 1 aromatic heterocycles. The molecule has 28 heavy (non-hydrogen) atoms. The Kier molecular flexibility index (Phi) is 5.46. The first kappa shape index (κ1) is 19.1. The van der Waals surface area contributed by atoms with E-state index in [-0.39, 0.29) is 18.3 Å². The topological polar surface area (TPSA) is 59.4 Å². The quantitative estimate of drug-likeness (QED) is 0.827. The number of piperidine rings is 3. The fourth-order valence-corrected chi connectivity index (χ4v) is 4.69. The minimum absolute atomic E-state index is 0.0581. The molecule has 150 valence electrons. The Labute approximate surface area is 164 Å². The number of aromatic nitrogens is 2.